The van der Waals surface area contributed by atoms with E-state index >= 15 is 0 Å². The van der Waals surface area contributed by atoms with Crippen LogP contribution in [0, 0.1) is 6.92 Å². The predicted molar refractivity (Wildman–Crippen MR) is 106 cm³/mol. The maximum atomic E-state index is 12.3. The van der Waals surface area contributed by atoms with Crippen molar-refractivity contribution >= 4 is 17.5 Å². The molecule has 0 radical (unpaired) electrons. The molecule has 1 aliphatic heterocycles. The average Bonchev–Trinajstić information content (AvgIpc) is 3.10. The van der Waals surface area contributed by atoms with Crippen molar-refractivity contribution in [3.8, 4) is 11.5 Å². The Hall–Kier alpha value is -3.06. The molecule has 0 spiro atoms. The van der Waals surface area contributed by atoms with Gasteiger partial charge < -0.3 is 25.0 Å². The minimum Gasteiger partial charge on any atom is -0.454 e. The van der Waals surface area contributed by atoms with Crippen molar-refractivity contribution in [2.45, 2.75) is 19.9 Å². The molecule has 7 heteroatoms. The van der Waals surface area contributed by atoms with Crippen LogP contribution in [0.25, 0.3) is 0 Å². The maximum absolute atomic E-state index is 12.3. The van der Waals surface area contributed by atoms with E-state index in [1.807, 2.05) is 63.4 Å². The standard InChI is InChI=1S/C21H25N3O4/c1-14-4-7-17(8-5-14)23-21(26)12-24(3)11-20(25)22-15(2)16-6-9-18-19(10-16)28-13-27-18/h4-10,15H,11-13H2,1-3H3,(H,22,25)(H,23,26)/p+1/t15-/m1/s1. The first-order chi connectivity index (χ1) is 13.4. The summed E-state index contributed by atoms with van der Waals surface area (Å²) in [6.07, 6.45) is 0. The first-order valence-corrected chi connectivity index (χ1v) is 9.27. The maximum Gasteiger partial charge on any atom is 0.279 e. The topological polar surface area (TPSA) is 81.1 Å². The molecule has 1 heterocycles. The normalized spacial score (nSPS) is 14.2. The third-order valence-corrected chi connectivity index (χ3v) is 4.53. The minimum absolute atomic E-state index is 0.120. The second kappa shape index (κ2) is 8.75. The van der Waals surface area contributed by atoms with Gasteiger partial charge in [-0.25, -0.2) is 0 Å². The Kier molecular flexibility index (Phi) is 6.16. The fraction of sp³-hybridized carbons (Fsp3) is 0.333. The minimum atomic E-state index is -0.170. The molecule has 2 atom stereocenters. The van der Waals surface area contributed by atoms with Crippen LogP contribution in [-0.4, -0.2) is 38.7 Å². The number of benzene rings is 2. The molecule has 0 aromatic heterocycles. The number of hydrogen-bond donors (Lipinski definition) is 3. The number of hydrogen-bond acceptors (Lipinski definition) is 4. The number of rotatable bonds is 7. The van der Waals surface area contributed by atoms with Crippen molar-refractivity contribution < 1.29 is 24.0 Å². The first-order valence-electron chi connectivity index (χ1n) is 9.27. The van der Waals surface area contributed by atoms with E-state index in [1.165, 1.54) is 0 Å². The zero-order valence-electron chi connectivity index (χ0n) is 16.4. The Morgan fingerprint density at radius 1 is 1.04 bits per heavy atom. The van der Waals surface area contributed by atoms with E-state index in [1.54, 1.807) is 0 Å². The summed E-state index contributed by atoms with van der Waals surface area (Å²) in [6.45, 7) is 4.54. The van der Waals surface area contributed by atoms with Crippen LogP contribution in [0.15, 0.2) is 42.5 Å². The van der Waals surface area contributed by atoms with Crippen LogP contribution in [0.3, 0.4) is 0 Å². The van der Waals surface area contributed by atoms with Crippen LogP contribution in [0.2, 0.25) is 0 Å². The van der Waals surface area contributed by atoms with Crippen molar-refractivity contribution in [3.05, 3.63) is 53.6 Å². The lowest BCUT2D eigenvalue weighted by Crippen LogP contribution is -3.11. The van der Waals surface area contributed by atoms with Gasteiger partial charge in [0.15, 0.2) is 24.6 Å². The van der Waals surface area contributed by atoms with Crippen molar-refractivity contribution in [3.63, 3.8) is 0 Å². The van der Waals surface area contributed by atoms with E-state index in [2.05, 4.69) is 10.6 Å². The summed E-state index contributed by atoms with van der Waals surface area (Å²) in [7, 11) is 1.82. The van der Waals surface area contributed by atoms with Gasteiger partial charge in [0.25, 0.3) is 11.8 Å². The molecule has 3 rings (SSSR count). The average molecular weight is 384 g/mol. The molecule has 7 nitrogen and oxygen atoms in total. The summed E-state index contributed by atoms with van der Waals surface area (Å²) < 4.78 is 10.7. The molecule has 0 saturated carbocycles. The quantitative estimate of drug-likeness (QED) is 0.667. The van der Waals surface area contributed by atoms with Crippen LogP contribution in [0.4, 0.5) is 5.69 Å². The zero-order valence-corrected chi connectivity index (χ0v) is 16.4. The third-order valence-electron chi connectivity index (χ3n) is 4.53. The molecule has 0 bridgehead atoms. The molecular formula is C21H26N3O4+. The Balaban J connectivity index is 1.45. The highest BCUT2D eigenvalue weighted by molar-refractivity contribution is 5.91. The summed E-state index contributed by atoms with van der Waals surface area (Å²) in [6, 6.07) is 13.1. The molecule has 3 N–H and O–H groups in total. The van der Waals surface area contributed by atoms with E-state index in [-0.39, 0.29) is 37.7 Å². The van der Waals surface area contributed by atoms with Crippen LogP contribution >= 0.6 is 0 Å². The number of amides is 2. The molecule has 148 valence electrons. The summed E-state index contributed by atoms with van der Waals surface area (Å²) in [5.41, 5.74) is 2.82. The van der Waals surface area contributed by atoms with Gasteiger partial charge in [-0.3, -0.25) is 9.59 Å². The highest BCUT2D eigenvalue weighted by Crippen LogP contribution is 2.34. The van der Waals surface area contributed by atoms with E-state index in [0.29, 0.717) is 11.5 Å². The molecule has 28 heavy (non-hydrogen) atoms. The molecule has 2 aromatic rings. The highest BCUT2D eigenvalue weighted by atomic mass is 16.7. The largest absolute Gasteiger partial charge is 0.454 e. The summed E-state index contributed by atoms with van der Waals surface area (Å²) in [5.74, 6) is 1.16. The second-order valence-corrected chi connectivity index (χ2v) is 7.13. The number of ether oxygens (including phenoxy) is 2. The molecule has 0 fully saturated rings. The van der Waals surface area contributed by atoms with Gasteiger partial charge in [-0.2, -0.15) is 0 Å². The molecule has 2 aromatic carbocycles. The molecule has 0 saturated heterocycles. The van der Waals surface area contributed by atoms with Crippen molar-refractivity contribution in [1.29, 1.82) is 0 Å². The first kappa shape index (κ1) is 19.7. The Morgan fingerprint density at radius 3 is 2.46 bits per heavy atom. The van der Waals surface area contributed by atoms with E-state index in [4.69, 9.17) is 9.47 Å². The lowest BCUT2D eigenvalue weighted by atomic mass is 10.1. The summed E-state index contributed by atoms with van der Waals surface area (Å²) >= 11 is 0. The Bertz CT molecular complexity index is 851. The Labute approximate surface area is 164 Å². The summed E-state index contributed by atoms with van der Waals surface area (Å²) in [5, 5.41) is 5.81. The van der Waals surface area contributed by atoms with Crippen molar-refractivity contribution in [1.82, 2.24) is 5.32 Å². The van der Waals surface area contributed by atoms with E-state index in [0.717, 1.165) is 21.7 Å². The van der Waals surface area contributed by atoms with Gasteiger partial charge in [-0.15, -0.1) is 0 Å². The molecule has 1 unspecified atom stereocenters. The van der Waals surface area contributed by atoms with E-state index in [9.17, 15) is 9.59 Å². The molecule has 0 aliphatic carbocycles. The zero-order chi connectivity index (χ0) is 20.1. The highest BCUT2D eigenvalue weighted by Gasteiger charge is 2.19. The lowest BCUT2D eigenvalue weighted by Gasteiger charge is -2.17. The number of carbonyl (C=O) groups is 2. The van der Waals surface area contributed by atoms with Crippen molar-refractivity contribution in [2.24, 2.45) is 0 Å². The van der Waals surface area contributed by atoms with Gasteiger partial charge >= 0.3 is 0 Å². The van der Waals surface area contributed by atoms with Crippen LogP contribution < -0.4 is 25.0 Å². The van der Waals surface area contributed by atoms with Gasteiger partial charge in [-0.1, -0.05) is 23.8 Å². The number of likely N-dealkylation sites (N-methyl/N-ethyl adjacent to an activating group) is 1. The molecule has 2 amide bonds. The Morgan fingerprint density at radius 2 is 1.71 bits per heavy atom. The van der Waals surface area contributed by atoms with Gasteiger partial charge in [0, 0.05) is 5.69 Å². The second-order valence-electron chi connectivity index (χ2n) is 7.13. The number of fused-ring (bicyclic) bond motifs is 1. The number of quaternary nitrogens is 1. The fourth-order valence-electron chi connectivity index (χ4n) is 3.01. The lowest BCUT2D eigenvalue weighted by molar-refractivity contribution is -0.862. The smallest absolute Gasteiger partial charge is 0.279 e. The van der Waals surface area contributed by atoms with E-state index < -0.39 is 0 Å². The van der Waals surface area contributed by atoms with Crippen LogP contribution in [-0.2, 0) is 9.59 Å². The summed E-state index contributed by atoms with van der Waals surface area (Å²) in [4.78, 5) is 25.3. The van der Waals surface area contributed by atoms with Crippen LogP contribution in [0.1, 0.15) is 24.1 Å². The van der Waals surface area contributed by atoms with Gasteiger partial charge in [0.2, 0.25) is 6.79 Å². The number of nitrogens with one attached hydrogen (secondary N) is 3. The fourth-order valence-corrected chi connectivity index (χ4v) is 3.01. The SMILES string of the molecule is Cc1ccc(NC(=O)C[NH+](C)CC(=O)N[C@H](C)c2ccc3c(c2)OCO3)cc1. The monoisotopic (exact) mass is 384 g/mol. The van der Waals surface area contributed by atoms with Gasteiger partial charge in [-0.05, 0) is 43.7 Å². The van der Waals surface area contributed by atoms with Gasteiger partial charge in [0.1, 0.15) is 0 Å². The predicted octanol–water partition coefficient (Wildman–Crippen LogP) is 1.05. The molecule has 1 aliphatic rings. The van der Waals surface area contributed by atoms with Gasteiger partial charge in [0.05, 0.1) is 13.1 Å². The number of anilines is 1. The van der Waals surface area contributed by atoms with Crippen molar-refractivity contribution in [2.75, 3.05) is 32.2 Å². The number of aryl methyl sites for hydroxylation is 1. The number of carbonyl (C=O) groups excluding carboxylic acids is 2. The van der Waals surface area contributed by atoms with Crippen LogP contribution in [0.5, 0.6) is 11.5 Å². The molecular weight excluding hydrogens is 358 g/mol. The third kappa shape index (κ3) is 5.23.